The highest BCUT2D eigenvalue weighted by Crippen LogP contribution is 2.42. The maximum absolute atomic E-state index is 12.5. The molecule has 2 N–H and O–H groups in total. The van der Waals surface area contributed by atoms with Gasteiger partial charge in [-0.1, -0.05) is 128 Å². The fourth-order valence-corrected chi connectivity index (χ4v) is 6.81. The fourth-order valence-electron chi connectivity index (χ4n) is 6.81. The van der Waals surface area contributed by atoms with Crippen LogP contribution >= 0.6 is 0 Å². The van der Waals surface area contributed by atoms with Crippen molar-refractivity contribution < 1.29 is 28.9 Å². The largest absolute Gasteiger partial charge is 0.453 e. The van der Waals surface area contributed by atoms with E-state index in [1.165, 1.54) is 18.1 Å². The molecule has 5 aromatic carbocycles. The summed E-state index contributed by atoms with van der Waals surface area (Å²) < 4.78 is 18.8. The molecule has 1 saturated heterocycles. The Bertz CT molecular complexity index is 1890. The zero-order valence-corrected chi connectivity index (χ0v) is 30.6. The molecule has 1 amide bonds. The summed E-state index contributed by atoms with van der Waals surface area (Å²) in [6, 6.07) is 45.3. The molecule has 8 nitrogen and oxygen atoms in total. The van der Waals surface area contributed by atoms with Crippen molar-refractivity contribution >= 4 is 11.9 Å². The minimum Gasteiger partial charge on any atom is -0.453 e. The van der Waals surface area contributed by atoms with Crippen molar-refractivity contribution in [2.45, 2.75) is 71.6 Å². The minimum absolute atomic E-state index is 0.0165. The molecule has 1 fully saturated rings. The summed E-state index contributed by atoms with van der Waals surface area (Å²) in [4.78, 5) is 26.2. The molecule has 8 heteroatoms. The van der Waals surface area contributed by atoms with Gasteiger partial charge in [0, 0.05) is 44.6 Å². The lowest BCUT2D eigenvalue weighted by molar-refractivity contribution is -0.276. The fraction of sp³-hybridized carbons (Fsp3) is 0.289. The normalized spacial score (nSPS) is 19.0. The summed E-state index contributed by atoms with van der Waals surface area (Å²) in [5, 5.41) is 12.6. The Labute approximate surface area is 312 Å². The Morgan fingerprint density at radius 3 is 1.96 bits per heavy atom. The van der Waals surface area contributed by atoms with Gasteiger partial charge in [-0.25, -0.2) is 0 Å². The zero-order valence-electron chi connectivity index (χ0n) is 30.6. The number of nitrogens with zero attached hydrogens (tertiary/aromatic N) is 1. The number of ether oxygens (including phenoxy) is 3. The molecule has 0 spiro atoms. The van der Waals surface area contributed by atoms with Crippen LogP contribution in [0.2, 0.25) is 0 Å². The van der Waals surface area contributed by atoms with Gasteiger partial charge in [0.15, 0.2) is 12.4 Å². The Kier molecular flexibility index (Phi) is 12.8. The second kappa shape index (κ2) is 18.1. The molecule has 5 unspecified atom stereocenters. The van der Waals surface area contributed by atoms with E-state index in [4.69, 9.17) is 14.2 Å². The van der Waals surface area contributed by atoms with Crippen molar-refractivity contribution in [3.63, 3.8) is 0 Å². The average Bonchev–Trinajstić information content (AvgIpc) is 3.18. The summed E-state index contributed by atoms with van der Waals surface area (Å²) in [5.41, 5.74) is 8.17. The van der Waals surface area contributed by atoms with Crippen molar-refractivity contribution in [1.82, 2.24) is 10.2 Å². The van der Waals surface area contributed by atoms with Gasteiger partial charge in [-0.3, -0.25) is 14.5 Å². The SMILES string of the molecule is CC(=O)OC(C)C(=O)NCc1cccc(-c2cccc(C3OC(CN(Cc4ccccc4)Cc4ccccc4)C(C)C(c4ccc(CO)cc4)O3)c2)c1. The highest BCUT2D eigenvalue weighted by atomic mass is 16.7. The van der Waals surface area contributed by atoms with Crippen molar-refractivity contribution in [2.24, 2.45) is 5.92 Å². The standard InChI is InChI=1S/C45H48N2O6/c1-31-42(29-47(27-34-12-6-4-7-13-34)28-35-14-8-5-9-15-35)52-45(53-43(31)38-22-20-36(30-48)21-23-38)41-19-11-18-40(25-41)39-17-10-16-37(24-39)26-46-44(50)32(2)51-33(3)49/h4-25,31-32,42-43,45,48H,26-30H2,1-3H3,(H,46,50). The van der Waals surface area contributed by atoms with Gasteiger partial charge in [0.1, 0.15) is 0 Å². The number of aliphatic hydroxyl groups excluding tert-OH is 1. The van der Waals surface area contributed by atoms with Crippen LogP contribution in [0, 0.1) is 5.92 Å². The molecule has 274 valence electrons. The number of carbonyl (C=O) groups is 2. The summed E-state index contributed by atoms with van der Waals surface area (Å²) in [6.45, 7) is 7.56. The molecule has 53 heavy (non-hydrogen) atoms. The van der Waals surface area contributed by atoms with E-state index in [1.54, 1.807) is 6.92 Å². The van der Waals surface area contributed by atoms with Gasteiger partial charge in [0.2, 0.25) is 0 Å². The van der Waals surface area contributed by atoms with Crippen molar-refractivity contribution in [2.75, 3.05) is 6.54 Å². The molecular formula is C45H48N2O6. The smallest absolute Gasteiger partial charge is 0.303 e. The van der Waals surface area contributed by atoms with Crippen LogP contribution < -0.4 is 5.32 Å². The van der Waals surface area contributed by atoms with Gasteiger partial charge in [-0.05, 0) is 58.0 Å². The number of amides is 1. The second-order valence-electron chi connectivity index (χ2n) is 13.8. The predicted octanol–water partition coefficient (Wildman–Crippen LogP) is 7.91. The van der Waals surface area contributed by atoms with E-state index < -0.39 is 18.4 Å². The zero-order chi connectivity index (χ0) is 37.2. The van der Waals surface area contributed by atoms with Crippen molar-refractivity contribution in [3.05, 3.63) is 167 Å². The Morgan fingerprint density at radius 1 is 0.736 bits per heavy atom. The van der Waals surface area contributed by atoms with E-state index in [-0.39, 0.29) is 30.6 Å². The molecule has 6 rings (SSSR count). The maximum atomic E-state index is 12.5. The van der Waals surface area contributed by atoms with Crippen LogP contribution in [-0.2, 0) is 50.0 Å². The molecule has 0 saturated carbocycles. The number of hydrogen-bond donors (Lipinski definition) is 2. The van der Waals surface area contributed by atoms with Crippen LogP contribution in [0.1, 0.15) is 66.5 Å². The van der Waals surface area contributed by atoms with Gasteiger partial charge in [0.05, 0.1) is 18.8 Å². The Balaban J connectivity index is 1.26. The third-order valence-corrected chi connectivity index (χ3v) is 9.66. The highest BCUT2D eigenvalue weighted by molar-refractivity contribution is 5.82. The molecule has 0 radical (unpaired) electrons. The number of nitrogens with one attached hydrogen (secondary N) is 1. The molecule has 1 heterocycles. The first-order valence-corrected chi connectivity index (χ1v) is 18.2. The maximum Gasteiger partial charge on any atom is 0.303 e. The van der Waals surface area contributed by atoms with Crippen LogP contribution in [-0.4, -0.2) is 40.6 Å². The summed E-state index contributed by atoms with van der Waals surface area (Å²) in [5.74, 6) is -0.822. The van der Waals surface area contributed by atoms with Crippen LogP contribution in [0.3, 0.4) is 0 Å². The quantitative estimate of drug-likeness (QED) is 0.113. The number of carbonyl (C=O) groups excluding carboxylic acids is 2. The molecular weight excluding hydrogens is 665 g/mol. The minimum atomic E-state index is -0.866. The van der Waals surface area contributed by atoms with E-state index in [9.17, 15) is 14.7 Å². The lowest BCUT2D eigenvalue weighted by Gasteiger charge is -2.43. The Morgan fingerprint density at radius 2 is 1.34 bits per heavy atom. The van der Waals surface area contributed by atoms with E-state index in [0.717, 1.165) is 46.5 Å². The van der Waals surface area contributed by atoms with Crippen LogP contribution in [0.15, 0.2) is 133 Å². The van der Waals surface area contributed by atoms with E-state index >= 15 is 0 Å². The average molecular weight is 713 g/mol. The van der Waals surface area contributed by atoms with Gasteiger partial charge in [-0.2, -0.15) is 0 Å². The summed E-state index contributed by atoms with van der Waals surface area (Å²) in [6.07, 6.45) is -1.89. The monoisotopic (exact) mass is 712 g/mol. The van der Waals surface area contributed by atoms with E-state index in [2.05, 4.69) is 77.8 Å². The molecule has 5 atom stereocenters. The van der Waals surface area contributed by atoms with Crippen LogP contribution in [0.5, 0.6) is 0 Å². The lowest BCUT2D eigenvalue weighted by atomic mass is 9.89. The third-order valence-electron chi connectivity index (χ3n) is 9.66. The number of rotatable bonds is 14. The molecule has 0 aromatic heterocycles. The van der Waals surface area contributed by atoms with Gasteiger partial charge < -0.3 is 24.6 Å². The van der Waals surface area contributed by atoms with Gasteiger partial charge in [-0.15, -0.1) is 0 Å². The molecule has 0 aliphatic carbocycles. The van der Waals surface area contributed by atoms with Crippen molar-refractivity contribution in [3.8, 4) is 11.1 Å². The number of aliphatic hydroxyl groups is 1. The topological polar surface area (TPSA) is 97.3 Å². The molecule has 1 aliphatic rings. The van der Waals surface area contributed by atoms with E-state index in [1.807, 2.05) is 72.8 Å². The summed E-state index contributed by atoms with van der Waals surface area (Å²) >= 11 is 0. The molecule has 1 aliphatic heterocycles. The second-order valence-corrected chi connectivity index (χ2v) is 13.8. The first-order chi connectivity index (χ1) is 25.7. The Hall–Kier alpha value is -5.12. The molecule has 0 bridgehead atoms. The first kappa shape index (κ1) is 37.6. The van der Waals surface area contributed by atoms with Gasteiger partial charge in [0.25, 0.3) is 5.91 Å². The number of hydrogen-bond acceptors (Lipinski definition) is 7. The lowest BCUT2D eigenvalue weighted by Crippen LogP contribution is -2.44. The van der Waals surface area contributed by atoms with Gasteiger partial charge >= 0.3 is 5.97 Å². The number of benzene rings is 5. The first-order valence-electron chi connectivity index (χ1n) is 18.2. The van der Waals surface area contributed by atoms with E-state index in [0.29, 0.717) is 13.1 Å². The summed E-state index contributed by atoms with van der Waals surface area (Å²) in [7, 11) is 0. The third kappa shape index (κ3) is 10.3. The molecule has 5 aromatic rings. The predicted molar refractivity (Wildman–Crippen MR) is 205 cm³/mol. The highest BCUT2D eigenvalue weighted by Gasteiger charge is 2.39. The van der Waals surface area contributed by atoms with Crippen LogP contribution in [0.4, 0.5) is 0 Å². The van der Waals surface area contributed by atoms with Crippen LogP contribution in [0.25, 0.3) is 11.1 Å². The number of esters is 1. The van der Waals surface area contributed by atoms with Crippen molar-refractivity contribution in [1.29, 1.82) is 0 Å².